The molecule has 0 saturated carbocycles. The zero-order valence-corrected chi connectivity index (χ0v) is 11.2. The summed E-state index contributed by atoms with van der Waals surface area (Å²) in [7, 11) is 0. The number of rotatable bonds is 7. The van der Waals surface area contributed by atoms with Gasteiger partial charge in [0.2, 0.25) is 0 Å². The predicted octanol–water partition coefficient (Wildman–Crippen LogP) is 1.62. The van der Waals surface area contributed by atoms with Crippen LogP contribution in [-0.4, -0.2) is 23.3 Å². The lowest BCUT2D eigenvalue weighted by atomic mass is 10.0. The summed E-state index contributed by atoms with van der Waals surface area (Å²) >= 11 is 0. The van der Waals surface area contributed by atoms with Gasteiger partial charge in [-0.15, -0.1) is 5.10 Å². The van der Waals surface area contributed by atoms with Gasteiger partial charge in [-0.2, -0.15) is 10.4 Å². The van der Waals surface area contributed by atoms with Gasteiger partial charge in [0.25, 0.3) is 0 Å². The number of nitrogens with two attached hydrogens (primary N) is 1. The summed E-state index contributed by atoms with van der Waals surface area (Å²) in [5, 5.41) is 20.7. The molecule has 0 fully saturated rings. The molecule has 0 aliphatic heterocycles. The molecule has 1 rings (SSSR count). The largest absolute Gasteiger partial charge is 0.367 e. The van der Waals surface area contributed by atoms with Crippen LogP contribution < -0.4 is 11.1 Å². The molecule has 5 heteroatoms. The molecule has 0 atom stereocenters. The molecule has 0 radical (unpaired) electrons. The molecule has 0 spiro atoms. The molecule has 0 aliphatic carbocycles. The van der Waals surface area contributed by atoms with Crippen LogP contribution >= 0.6 is 0 Å². The summed E-state index contributed by atoms with van der Waals surface area (Å²) in [4.78, 5) is 0. The van der Waals surface area contributed by atoms with Crippen LogP contribution in [0.4, 0.5) is 5.82 Å². The van der Waals surface area contributed by atoms with Crippen LogP contribution in [0.25, 0.3) is 0 Å². The second-order valence-corrected chi connectivity index (χ2v) is 4.09. The lowest BCUT2D eigenvalue weighted by molar-refractivity contribution is 0.767. The summed E-state index contributed by atoms with van der Waals surface area (Å²) in [6.07, 6.45) is 3.55. The van der Waals surface area contributed by atoms with Crippen molar-refractivity contribution in [3.63, 3.8) is 0 Å². The van der Waals surface area contributed by atoms with E-state index >= 15 is 0 Å². The minimum Gasteiger partial charge on any atom is -0.367 e. The number of hydrogen-bond donors (Lipinski definition) is 2. The summed E-state index contributed by atoms with van der Waals surface area (Å²) in [5.41, 5.74) is 8.00. The Labute approximate surface area is 108 Å². The molecule has 18 heavy (non-hydrogen) atoms. The van der Waals surface area contributed by atoms with Crippen LogP contribution in [0.3, 0.4) is 0 Å². The molecule has 0 saturated heterocycles. The Kier molecular flexibility index (Phi) is 6.09. The number of nitrogens with zero attached hydrogens (tertiary/aromatic N) is 3. The molecule has 1 heterocycles. The number of unbranched alkanes of at least 4 members (excludes halogenated alkanes) is 1. The third kappa shape index (κ3) is 3.41. The first-order valence-electron chi connectivity index (χ1n) is 6.50. The molecule has 1 aromatic heterocycles. The number of nitrogens with one attached hydrogen (secondary N) is 1. The fourth-order valence-corrected chi connectivity index (χ4v) is 1.89. The van der Waals surface area contributed by atoms with Gasteiger partial charge in [-0.05, 0) is 37.8 Å². The van der Waals surface area contributed by atoms with E-state index in [9.17, 15) is 5.26 Å². The Bertz CT molecular complexity index is 422. The fraction of sp³-hybridized carbons (Fsp3) is 0.615. The van der Waals surface area contributed by atoms with Crippen molar-refractivity contribution in [2.24, 2.45) is 5.73 Å². The molecule has 0 aliphatic rings. The minimum absolute atomic E-state index is 0.601. The van der Waals surface area contributed by atoms with Crippen molar-refractivity contribution in [3.05, 3.63) is 16.8 Å². The summed E-state index contributed by atoms with van der Waals surface area (Å²) in [5.74, 6) is 0.601. The van der Waals surface area contributed by atoms with Gasteiger partial charge >= 0.3 is 0 Å². The van der Waals surface area contributed by atoms with Crippen LogP contribution in [0.5, 0.6) is 0 Å². The molecule has 0 amide bonds. The first-order chi connectivity index (χ1) is 8.78. The van der Waals surface area contributed by atoms with Crippen LogP contribution in [0.1, 0.15) is 43.5 Å². The van der Waals surface area contributed by atoms with Gasteiger partial charge in [0.15, 0.2) is 5.82 Å². The average molecular weight is 247 g/mol. The molecule has 98 valence electrons. The Morgan fingerprint density at radius 2 is 2.00 bits per heavy atom. The molecular weight excluding hydrogens is 226 g/mol. The van der Waals surface area contributed by atoms with Crippen molar-refractivity contribution < 1.29 is 0 Å². The van der Waals surface area contributed by atoms with Gasteiger partial charge in [-0.3, -0.25) is 0 Å². The quantitative estimate of drug-likeness (QED) is 0.715. The topological polar surface area (TPSA) is 87.6 Å². The van der Waals surface area contributed by atoms with E-state index in [-0.39, 0.29) is 0 Å². The Hall–Kier alpha value is -1.67. The third-order valence-electron chi connectivity index (χ3n) is 2.88. The van der Waals surface area contributed by atoms with E-state index in [1.807, 2.05) is 13.8 Å². The van der Waals surface area contributed by atoms with E-state index in [0.717, 1.165) is 43.5 Å². The maximum atomic E-state index is 9.28. The Morgan fingerprint density at radius 1 is 1.22 bits per heavy atom. The molecule has 1 aromatic rings. The highest BCUT2D eigenvalue weighted by atomic mass is 15.2. The number of aryl methyl sites for hydroxylation is 1. The van der Waals surface area contributed by atoms with E-state index in [4.69, 9.17) is 5.73 Å². The van der Waals surface area contributed by atoms with Gasteiger partial charge in [0.1, 0.15) is 11.6 Å². The lowest BCUT2D eigenvalue weighted by Gasteiger charge is -2.11. The van der Waals surface area contributed by atoms with Gasteiger partial charge in [-0.25, -0.2) is 0 Å². The first kappa shape index (κ1) is 14.4. The highest BCUT2D eigenvalue weighted by Gasteiger charge is 2.13. The van der Waals surface area contributed by atoms with E-state index in [1.165, 1.54) is 0 Å². The molecule has 5 nitrogen and oxygen atoms in total. The molecule has 0 bridgehead atoms. The van der Waals surface area contributed by atoms with Gasteiger partial charge in [-0.1, -0.05) is 13.8 Å². The van der Waals surface area contributed by atoms with Crippen molar-refractivity contribution in [2.75, 3.05) is 18.4 Å². The van der Waals surface area contributed by atoms with E-state index in [1.54, 1.807) is 0 Å². The van der Waals surface area contributed by atoms with Crippen LogP contribution in [-0.2, 0) is 12.8 Å². The van der Waals surface area contributed by atoms with E-state index < -0.39 is 0 Å². The monoisotopic (exact) mass is 247 g/mol. The fourth-order valence-electron chi connectivity index (χ4n) is 1.89. The number of anilines is 1. The number of nitriles is 1. The normalized spacial score (nSPS) is 10.1. The van der Waals surface area contributed by atoms with Crippen molar-refractivity contribution in [3.8, 4) is 6.07 Å². The minimum atomic E-state index is 0.601. The van der Waals surface area contributed by atoms with E-state index in [0.29, 0.717) is 17.9 Å². The standard InChI is InChI=1S/C13H21N5/c1-3-10-11(9-15)13(16-8-6-5-7-14)18-17-12(10)4-2/h3-8,14H2,1-2H3,(H,16,18). The van der Waals surface area contributed by atoms with Crippen molar-refractivity contribution >= 4 is 5.82 Å². The SMILES string of the molecule is CCc1nnc(NCCCCN)c(C#N)c1CC. The van der Waals surface area contributed by atoms with Crippen LogP contribution in [0.2, 0.25) is 0 Å². The van der Waals surface area contributed by atoms with Crippen molar-refractivity contribution in [2.45, 2.75) is 39.5 Å². The Balaban J connectivity index is 2.89. The van der Waals surface area contributed by atoms with Crippen LogP contribution in [0.15, 0.2) is 0 Å². The average Bonchev–Trinajstić information content (AvgIpc) is 2.42. The predicted molar refractivity (Wildman–Crippen MR) is 72.3 cm³/mol. The third-order valence-corrected chi connectivity index (χ3v) is 2.88. The second-order valence-electron chi connectivity index (χ2n) is 4.09. The van der Waals surface area contributed by atoms with Crippen molar-refractivity contribution in [1.29, 1.82) is 5.26 Å². The van der Waals surface area contributed by atoms with Gasteiger partial charge < -0.3 is 11.1 Å². The zero-order chi connectivity index (χ0) is 13.4. The molecular formula is C13H21N5. The summed E-state index contributed by atoms with van der Waals surface area (Å²) in [6.45, 7) is 5.52. The van der Waals surface area contributed by atoms with Crippen LogP contribution in [0, 0.1) is 11.3 Å². The van der Waals surface area contributed by atoms with Crippen molar-refractivity contribution in [1.82, 2.24) is 10.2 Å². The molecule has 0 unspecified atom stereocenters. The lowest BCUT2D eigenvalue weighted by Crippen LogP contribution is -2.12. The highest BCUT2D eigenvalue weighted by Crippen LogP contribution is 2.19. The van der Waals surface area contributed by atoms with Gasteiger partial charge in [0.05, 0.1) is 5.69 Å². The summed E-state index contributed by atoms with van der Waals surface area (Å²) < 4.78 is 0. The zero-order valence-electron chi connectivity index (χ0n) is 11.2. The maximum Gasteiger partial charge on any atom is 0.166 e. The van der Waals surface area contributed by atoms with Gasteiger partial charge in [0, 0.05) is 6.54 Å². The van der Waals surface area contributed by atoms with E-state index in [2.05, 4.69) is 21.6 Å². The highest BCUT2D eigenvalue weighted by molar-refractivity contribution is 5.56. The second kappa shape index (κ2) is 7.62. The molecule has 0 aromatic carbocycles. The maximum absolute atomic E-state index is 9.28. The number of hydrogen-bond acceptors (Lipinski definition) is 5. The smallest absolute Gasteiger partial charge is 0.166 e. The Morgan fingerprint density at radius 3 is 2.56 bits per heavy atom. The number of aromatic nitrogens is 2. The first-order valence-corrected chi connectivity index (χ1v) is 6.50. The summed E-state index contributed by atoms with van der Waals surface area (Å²) in [6, 6.07) is 2.24. The molecule has 3 N–H and O–H groups in total.